The maximum absolute atomic E-state index is 12.3. The lowest BCUT2D eigenvalue weighted by atomic mass is 9.92. The number of hydrogen-bond acceptors (Lipinski definition) is 4. The maximum Gasteiger partial charge on any atom is 0.323 e. The zero-order valence-electron chi connectivity index (χ0n) is 12.7. The van der Waals surface area contributed by atoms with Crippen LogP contribution in [-0.4, -0.2) is 33.4 Å². The van der Waals surface area contributed by atoms with E-state index < -0.39 is 0 Å². The number of nitrogens with one attached hydrogen (secondary N) is 1. The van der Waals surface area contributed by atoms with Crippen molar-refractivity contribution in [1.29, 1.82) is 0 Å². The van der Waals surface area contributed by atoms with Gasteiger partial charge in [0.1, 0.15) is 5.82 Å². The van der Waals surface area contributed by atoms with Crippen molar-refractivity contribution in [3.63, 3.8) is 0 Å². The van der Waals surface area contributed by atoms with Crippen LogP contribution in [0.25, 0.3) is 0 Å². The molecule has 1 N–H and O–H groups in total. The van der Waals surface area contributed by atoms with Crippen molar-refractivity contribution in [1.82, 2.24) is 14.3 Å². The number of benzene rings is 1. The molecule has 116 valence electrons. The summed E-state index contributed by atoms with van der Waals surface area (Å²) in [5.41, 5.74) is 1.38. The number of anilines is 1. The molecule has 2 aromatic rings. The lowest BCUT2D eigenvalue weighted by molar-refractivity contribution is 0.213. The fourth-order valence-corrected chi connectivity index (χ4v) is 3.44. The van der Waals surface area contributed by atoms with E-state index in [1.807, 2.05) is 17.9 Å². The number of amides is 2. The summed E-state index contributed by atoms with van der Waals surface area (Å²) in [7, 11) is 0. The standard InChI is InChI=1S/C16H20N4OS/c1-12-17-15(22-19-12)18-16(21)20-10-5-8-14(9-11-20)13-6-3-2-4-7-13/h2-4,6-7,14H,5,8-11H2,1H3,(H,17,18,19,21)/t14-/m1/s1. The van der Waals surface area contributed by atoms with E-state index in [9.17, 15) is 4.79 Å². The molecular weight excluding hydrogens is 296 g/mol. The first kappa shape index (κ1) is 15.0. The molecule has 0 unspecified atom stereocenters. The third-order valence-corrected chi connectivity index (χ3v) is 4.75. The van der Waals surface area contributed by atoms with Crippen LogP contribution in [0.2, 0.25) is 0 Å². The van der Waals surface area contributed by atoms with E-state index in [4.69, 9.17) is 0 Å². The first-order valence-corrected chi connectivity index (χ1v) is 8.41. The Morgan fingerprint density at radius 1 is 1.27 bits per heavy atom. The summed E-state index contributed by atoms with van der Waals surface area (Å²) in [5, 5.41) is 3.42. The molecule has 1 atom stereocenters. The first-order chi connectivity index (χ1) is 10.7. The highest BCUT2D eigenvalue weighted by atomic mass is 32.1. The molecule has 1 fully saturated rings. The second-order valence-electron chi connectivity index (χ2n) is 5.60. The lowest BCUT2D eigenvalue weighted by Crippen LogP contribution is -2.35. The highest BCUT2D eigenvalue weighted by Crippen LogP contribution is 2.28. The SMILES string of the molecule is Cc1nsc(NC(=O)N2CCC[C@@H](c3ccccc3)CC2)n1. The highest BCUT2D eigenvalue weighted by Gasteiger charge is 2.22. The summed E-state index contributed by atoms with van der Waals surface area (Å²) in [4.78, 5) is 18.4. The zero-order valence-corrected chi connectivity index (χ0v) is 13.5. The minimum absolute atomic E-state index is 0.0649. The molecule has 1 aliphatic heterocycles. The van der Waals surface area contributed by atoms with Crippen LogP contribution >= 0.6 is 11.5 Å². The number of carbonyl (C=O) groups excluding carboxylic acids is 1. The molecule has 1 aliphatic rings. The van der Waals surface area contributed by atoms with Gasteiger partial charge in [0.25, 0.3) is 0 Å². The minimum Gasteiger partial charge on any atom is -0.324 e. The second kappa shape index (κ2) is 6.87. The van der Waals surface area contributed by atoms with E-state index in [0.29, 0.717) is 16.9 Å². The molecule has 0 saturated carbocycles. The molecule has 0 aliphatic carbocycles. The van der Waals surface area contributed by atoms with Crippen LogP contribution in [-0.2, 0) is 0 Å². The lowest BCUT2D eigenvalue weighted by Gasteiger charge is -2.20. The van der Waals surface area contributed by atoms with E-state index >= 15 is 0 Å². The third-order valence-electron chi connectivity index (χ3n) is 4.03. The Morgan fingerprint density at radius 3 is 2.82 bits per heavy atom. The molecule has 0 bridgehead atoms. The van der Waals surface area contributed by atoms with Crippen molar-refractivity contribution < 1.29 is 4.79 Å². The van der Waals surface area contributed by atoms with Gasteiger partial charge in [0.05, 0.1) is 0 Å². The molecule has 2 heterocycles. The largest absolute Gasteiger partial charge is 0.324 e. The fourth-order valence-electron chi connectivity index (χ4n) is 2.88. The van der Waals surface area contributed by atoms with Gasteiger partial charge in [-0.1, -0.05) is 30.3 Å². The molecule has 1 saturated heterocycles. The van der Waals surface area contributed by atoms with Gasteiger partial charge in [-0.25, -0.2) is 9.78 Å². The van der Waals surface area contributed by atoms with Crippen LogP contribution in [0.5, 0.6) is 0 Å². The third kappa shape index (κ3) is 3.62. The van der Waals surface area contributed by atoms with Crippen LogP contribution in [0.15, 0.2) is 30.3 Å². The number of aryl methyl sites for hydroxylation is 1. The quantitative estimate of drug-likeness (QED) is 0.920. The Labute approximate surface area is 134 Å². The van der Waals surface area contributed by atoms with E-state index in [1.54, 1.807) is 0 Å². The van der Waals surface area contributed by atoms with Crippen molar-refractivity contribution in [2.45, 2.75) is 32.1 Å². The normalized spacial score (nSPS) is 18.8. The summed E-state index contributed by atoms with van der Waals surface area (Å²) in [5.74, 6) is 1.24. The van der Waals surface area contributed by atoms with Crippen LogP contribution < -0.4 is 5.32 Å². The van der Waals surface area contributed by atoms with Gasteiger partial charge in [0.2, 0.25) is 5.13 Å². The number of hydrogen-bond donors (Lipinski definition) is 1. The summed E-state index contributed by atoms with van der Waals surface area (Å²) in [6, 6.07) is 10.5. The van der Waals surface area contributed by atoms with Gasteiger partial charge in [0.15, 0.2) is 0 Å². The van der Waals surface area contributed by atoms with E-state index in [2.05, 4.69) is 38.9 Å². The van der Waals surface area contributed by atoms with Gasteiger partial charge in [0, 0.05) is 24.6 Å². The Morgan fingerprint density at radius 2 is 2.09 bits per heavy atom. The van der Waals surface area contributed by atoms with Gasteiger partial charge in [-0.05, 0) is 37.7 Å². The number of carbonyl (C=O) groups is 1. The summed E-state index contributed by atoms with van der Waals surface area (Å²) in [6.07, 6.45) is 3.17. The summed E-state index contributed by atoms with van der Waals surface area (Å²) in [6.45, 7) is 3.40. The van der Waals surface area contributed by atoms with Crippen molar-refractivity contribution in [2.24, 2.45) is 0 Å². The molecule has 1 aromatic carbocycles. The van der Waals surface area contributed by atoms with Crippen molar-refractivity contribution in [3.05, 3.63) is 41.7 Å². The fraction of sp³-hybridized carbons (Fsp3) is 0.438. The van der Waals surface area contributed by atoms with Crippen molar-refractivity contribution >= 4 is 22.7 Å². The molecule has 6 heteroatoms. The van der Waals surface area contributed by atoms with E-state index in [1.165, 1.54) is 17.1 Å². The predicted molar refractivity (Wildman–Crippen MR) is 88.3 cm³/mol. The molecule has 5 nitrogen and oxygen atoms in total. The molecule has 0 spiro atoms. The minimum atomic E-state index is -0.0649. The number of aromatic nitrogens is 2. The smallest absolute Gasteiger partial charge is 0.323 e. The van der Waals surface area contributed by atoms with Crippen molar-refractivity contribution in [3.8, 4) is 0 Å². The van der Waals surface area contributed by atoms with Gasteiger partial charge < -0.3 is 4.90 Å². The number of likely N-dealkylation sites (tertiary alicyclic amines) is 1. The van der Waals surface area contributed by atoms with Gasteiger partial charge in [-0.2, -0.15) is 4.37 Å². The average Bonchev–Trinajstić information content (AvgIpc) is 2.80. The molecule has 22 heavy (non-hydrogen) atoms. The molecule has 1 aromatic heterocycles. The summed E-state index contributed by atoms with van der Waals surface area (Å²) >= 11 is 1.22. The van der Waals surface area contributed by atoms with E-state index in [-0.39, 0.29) is 6.03 Å². The van der Waals surface area contributed by atoms with Crippen LogP contribution in [0.4, 0.5) is 9.93 Å². The van der Waals surface area contributed by atoms with Gasteiger partial charge >= 0.3 is 6.03 Å². The van der Waals surface area contributed by atoms with Crippen LogP contribution in [0.1, 0.15) is 36.6 Å². The topological polar surface area (TPSA) is 58.1 Å². The van der Waals surface area contributed by atoms with Gasteiger partial charge in [-0.3, -0.25) is 5.32 Å². The Hall–Kier alpha value is -1.95. The maximum atomic E-state index is 12.3. The monoisotopic (exact) mass is 316 g/mol. The average molecular weight is 316 g/mol. The zero-order chi connectivity index (χ0) is 15.4. The van der Waals surface area contributed by atoms with Gasteiger partial charge in [-0.15, -0.1) is 0 Å². The highest BCUT2D eigenvalue weighted by molar-refractivity contribution is 7.09. The molecule has 3 rings (SSSR count). The Kier molecular flexibility index (Phi) is 4.68. The number of urea groups is 1. The number of nitrogens with zero attached hydrogens (tertiary/aromatic N) is 3. The molecule has 0 radical (unpaired) electrons. The van der Waals surface area contributed by atoms with Crippen LogP contribution in [0.3, 0.4) is 0 Å². The second-order valence-corrected chi connectivity index (χ2v) is 6.35. The predicted octanol–water partition coefficient (Wildman–Crippen LogP) is 3.65. The molecule has 2 amide bonds. The van der Waals surface area contributed by atoms with Crippen LogP contribution in [0, 0.1) is 6.92 Å². The first-order valence-electron chi connectivity index (χ1n) is 7.63. The summed E-state index contributed by atoms with van der Waals surface area (Å²) < 4.78 is 4.08. The molecular formula is C16H20N4OS. The Balaban J connectivity index is 1.59. The number of rotatable bonds is 2. The van der Waals surface area contributed by atoms with Crippen molar-refractivity contribution in [2.75, 3.05) is 18.4 Å². The Bertz CT molecular complexity index is 628. The van der Waals surface area contributed by atoms with E-state index in [0.717, 1.165) is 32.4 Å².